The first-order valence-corrected chi connectivity index (χ1v) is 8.54. The van der Waals surface area contributed by atoms with Gasteiger partial charge in [-0.25, -0.2) is 0 Å². The van der Waals surface area contributed by atoms with Crippen LogP contribution in [0.15, 0.2) is 24.3 Å². The van der Waals surface area contributed by atoms with E-state index < -0.39 is 6.10 Å². The lowest BCUT2D eigenvalue weighted by atomic mass is 9.96. The summed E-state index contributed by atoms with van der Waals surface area (Å²) in [6, 6.07) is 7.18. The Morgan fingerprint density at radius 3 is 2.41 bits per heavy atom. The maximum absolute atomic E-state index is 12.0. The van der Waals surface area contributed by atoms with E-state index in [1.54, 1.807) is 12.1 Å². The van der Waals surface area contributed by atoms with E-state index in [0.29, 0.717) is 5.56 Å². The minimum absolute atomic E-state index is 0.0978. The molecule has 0 fully saturated rings. The molecular formula is C16H23IN2O3. The molecule has 0 spiro atoms. The van der Waals surface area contributed by atoms with Crippen LogP contribution >= 0.6 is 22.6 Å². The normalized spacial score (nSPS) is 12.0. The molecule has 0 aliphatic carbocycles. The number of benzene rings is 1. The van der Waals surface area contributed by atoms with Gasteiger partial charge in [-0.15, -0.1) is 0 Å². The van der Waals surface area contributed by atoms with Crippen molar-refractivity contribution in [2.45, 2.75) is 32.8 Å². The highest BCUT2D eigenvalue weighted by Gasteiger charge is 2.16. The summed E-state index contributed by atoms with van der Waals surface area (Å²) >= 11 is 2.08. The van der Waals surface area contributed by atoms with Crippen LogP contribution in [0, 0.1) is 9.49 Å². The summed E-state index contributed by atoms with van der Waals surface area (Å²) in [6.07, 6.45) is 1.19. The van der Waals surface area contributed by atoms with Gasteiger partial charge < -0.3 is 15.7 Å². The van der Waals surface area contributed by atoms with Gasteiger partial charge in [-0.05, 0) is 40.6 Å². The molecular weight excluding hydrogens is 395 g/mol. The summed E-state index contributed by atoms with van der Waals surface area (Å²) in [6.45, 7) is 4.14. The standard InChI is InChI=1S/C16H23IN2O3/c1-3-11(4-2)14(20)9-18-15(21)10-19-16(22)12-7-5-6-8-13(12)17/h5-8,11,14,20H,3-4,9-10H2,1-2H3,(H,18,21)(H,19,22). The average molecular weight is 418 g/mol. The molecule has 0 aliphatic rings. The maximum Gasteiger partial charge on any atom is 0.252 e. The molecule has 0 saturated heterocycles. The molecule has 0 saturated carbocycles. The van der Waals surface area contributed by atoms with Crippen molar-refractivity contribution in [3.05, 3.63) is 33.4 Å². The molecule has 122 valence electrons. The molecule has 1 aromatic rings. The predicted molar refractivity (Wildman–Crippen MR) is 94.6 cm³/mol. The molecule has 0 heterocycles. The third kappa shape index (κ3) is 5.92. The third-order valence-electron chi connectivity index (χ3n) is 3.63. The van der Waals surface area contributed by atoms with Gasteiger partial charge in [-0.2, -0.15) is 0 Å². The summed E-state index contributed by atoms with van der Waals surface area (Å²) in [4.78, 5) is 23.7. The van der Waals surface area contributed by atoms with Crippen molar-refractivity contribution in [2.24, 2.45) is 5.92 Å². The second kappa shape index (κ2) is 9.78. The van der Waals surface area contributed by atoms with Gasteiger partial charge in [0.15, 0.2) is 0 Å². The summed E-state index contributed by atoms with van der Waals surface area (Å²) in [5.74, 6) is -0.397. The number of carbonyl (C=O) groups excluding carboxylic acids is 2. The van der Waals surface area contributed by atoms with Gasteiger partial charge in [-0.1, -0.05) is 38.8 Å². The Morgan fingerprint density at radius 2 is 1.82 bits per heavy atom. The Kier molecular flexibility index (Phi) is 8.40. The average Bonchev–Trinajstić information content (AvgIpc) is 2.52. The van der Waals surface area contributed by atoms with Gasteiger partial charge in [0.05, 0.1) is 18.2 Å². The third-order valence-corrected chi connectivity index (χ3v) is 4.57. The number of rotatable bonds is 8. The second-order valence-corrected chi connectivity index (χ2v) is 6.27. The molecule has 2 amide bonds. The van der Waals surface area contributed by atoms with E-state index in [1.807, 2.05) is 26.0 Å². The number of aliphatic hydroxyl groups excluding tert-OH is 1. The molecule has 5 nitrogen and oxygen atoms in total. The van der Waals surface area contributed by atoms with Crippen molar-refractivity contribution < 1.29 is 14.7 Å². The van der Waals surface area contributed by atoms with Crippen LogP contribution in [0.4, 0.5) is 0 Å². The van der Waals surface area contributed by atoms with E-state index in [9.17, 15) is 14.7 Å². The summed E-state index contributed by atoms with van der Waals surface area (Å²) < 4.78 is 0.835. The fourth-order valence-corrected chi connectivity index (χ4v) is 2.81. The van der Waals surface area contributed by atoms with Gasteiger partial charge in [0.25, 0.3) is 5.91 Å². The van der Waals surface area contributed by atoms with Crippen molar-refractivity contribution in [3.8, 4) is 0 Å². The number of hydrogen-bond acceptors (Lipinski definition) is 3. The largest absolute Gasteiger partial charge is 0.391 e. The highest BCUT2D eigenvalue weighted by Crippen LogP contribution is 2.12. The van der Waals surface area contributed by atoms with Crippen molar-refractivity contribution in [3.63, 3.8) is 0 Å². The minimum Gasteiger partial charge on any atom is -0.391 e. The van der Waals surface area contributed by atoms with E-state index in [-0.39, 0.29) is 30.8 Å². The van der Waals surface area contributed by atoms with E-state index in [2.05, 4.69) is 33.2 Å². The van der Waals surface area contributed by atoms with Crippen LogP contribution in [0.5, 0.6) is 0 Å². The SMILES string of the molecule is CCC(CC)C(O)CNC(=O)CNC(=O)c1ccccc1I. The Labute approximate surface area is 145 Å². The number of amides is 2. The molecule has 22 heavy (non-hydrogen) atoms. The first kappa shape index (κ1) is 18.9. The Hall–Kier alpha value is -1.15. The smallest absolute Gasteiger partial charge is 0.252 e. The van der Waals surface area contributed by atoms with Crippen LogP contribution < -0.4 is 10.6 Å². The van der Waals surface area contributed by atoms with Crippen molar-refractivity contribution in [1.29, 1.82) is 0 Å². The second-order valence-electron chi connectivity index (χ2n) is 5.11. The van der Waals surface area contributed by atoms with Crippen LogP contribution in [0.2, 0.25) is 0 Å². The Morgan fingerprint density at radius 1 is 1.18 bits per heavy atom. The van der Waals surface area contributed by atoms with Crippen molar-refractivity contribution >= 4 is 34.4 Å². The van der Waals surface area contributed by atoms with E-state index in [1.165, 1.54) is 0 Å². The first-order valence-electron chi connectivity index (χ1n) is 7.47. The highest BCUT2D eigenvalue weighted by molar-refractivity contribution is 14.1. The molecule has 0 aromatic heterocycles. The summed E-state index contributed by atoms with van der Waals surface area (Å²) in [7, 11) is 0. The summed E-state index contributed by atoms with van der Waals surface area (Å²) in [5.41, 5.74) is 0.549. The van der Waals surface area contributed by atoms with E-state index in [4.69, 9.17) is 0 Å². The van der Waals surface area contributed by atoms with Gasteiger partial charge in [0.1, 0.15) is 0 Å². The zero-order valence-corrected chi connectivity index (χ0v) is 15.1. The van der Waals surface area contributed by atoms with E-state index >= 15 is 0 Å². The molecule has 0 aliphatic heterocycles. The first-order chi connectivity index (χ1) is 10.5. The number of nitrogens with one attached hydrogen (secondary N) is 2. The molecule has 3 N–H and O–H groups in total. The predicted octanol–water partition coefficient (Wildman–Crippen LogP) is 1.93. The molecule has 1 rings (SSSR count). The van der Waals surface area contributed by atoms with Gasteiger partial charge >= 0.3 is 0 Å². The van der Waals surface area contributed by atoms with Crippen molar-refractivity contribution in [1.82, 2.24) is 10.6 Å². The molecule has 0 bridgehead atoms. The maximum atomic E-state index is 12.0. The van der Waals surface area contributed by atoms with Crippen molar-refractivity contribution in [2.75, 3.05) is 13.1 Å². The van der Waals surface area contributed by atoms with Crippen LogP contribution in [-0.4, -0.2) is 36.1 Å². The number of halogens is 1. The Bertz CT molecular complexity index is 504. The van der Waals surface area contributed by atoms with Crippen LogP contribution in [0.1, 0.15) is 37.0 Å². The molecule has 1 unspecified atom stereocenters. The minimum atomic E-state index is -0.551. The summed E-state index contributed by atoms with van der Waals surface area (Å²) in [5, 5.41) is 15.2. The van der Waals surface area contributed by atoms with Gasteiger partial charge in [0, 0.05) is 10.1 Å². The highest BCUT2D eigenvalue weighted by atomic mass is 127. The van der Waals surface area contributed by atoms with Gasteiger partial charge in [0.2, 0.25) is 5.91 Å². The molecule has 0 radical (unpaired) electrons. The van der Waals surface area contributed by atoms with E-state index in [0.717, 1.165) is 16.4 Å². The lowest BCUT2D eigenvalue weighted by Crippen LogP contribution is -2.41. The van der Waals surface area contributed by atoms with Crippen LogP contribution in [-0.2, 0) is 4.79 Å². The number of aliphatic hydroxyl groups is 1. The van der Waals surface area contributed by atoms with Crippen LogP contribution in [0.3, 0.4) is 0 Å². The number of hydrogen-bond donors (Lipinski definition) is 3. The number of carbonyl (C=O) groups is 2. The van der Waals surface area contributed by atoms with Gasteiger partial charge in [-0.3, -0.25) is 9.59 Å². The molecule has 6 heteroatoms. The lowest BCUT2D eigenvalue weighted by molar-refractivity contribution is -0.120. The molecule has 1 aromatic carbocycles. The van der Waals surface area contributed by atoms with Crippen LogP contribution in [0.25, 0.3) is 0 Å². The topological polar surface area (TPSA) is 78.4 Å². The molecule has 1 atom stereocenters. The Balaban J connectivity index is 2.37. The zero-order valence-electron chi connectivity index (χ0n) is 12.9. The fourth-order valence-electron chi connectivity index (χ4n) is 2.18. The quantitative estimate of drug-likeness (QED) is 0.565. The zero-order chi connectivity index (χ0) is 16.5. The lowest BCUT2D eigenvalue weighted by Gasteiger charge is -2.20. The fraction of sp³-hybridized carbons (Fsp3) is 0.500. The monoisotopic (exact) mass is 418 g/mol.